The van der Waals surface area contributed by atoms with Gasteiger partial charge in [0.2, 0.25) is 5.88 Å². The van der Waals surface area contributed by atoms with E-state index in [2.05, 4.69) is 22.0 Å². The highest BCUT2D eigenvalue weighted by Crippen LogP contribution is 2.36. The average Bonchev–Trinajstić information content (AvgIpc) is 2.79. The molecule has 0 radical (unpaired) electrons. The number of piperazine rings is 1. The first kappa shape index (κ1) is 17.4. The number of ether oxygens (including phenoxy) is 2. The zero-order valence-corrected chi connectivity index (χ0v) is 16.0. The molecule has 2 saturated heterocycles. The van der Waals surface area contributed by atoms with E-state index in [1.807, 2.05) is 31.9 Å². The van der Waals surface area contributed by atoms with E-state index in [1.54, 1.807) is 0 Å². The summed E-state index contributed by atoms with van der Waals surface area (Å²) in [7, 11) is 0. The maximum atomic E-state index is 12.4. The Balaban J connectivity index is 1.45. The molecule has 1 aromatic rings. The summed E-state index contributed by atoms with van der Waals surface area (Å²) in [6.07, 6.45) is 7.69. The maximum Gasteiger partial charge on any atom is 0.410 e. The van der Waals surface area contributed by atoms with Crippen LogP contribution in [0.2, 0.25) is 0 Å². The van der Waals surface area contributed by atoms with Crippen LogP contribution in [0.15, 0.2) is 18.3 Å². The SMILES string of the molecule is CC(C)(C)OC(=O)N1CC2CCC(C1)N2c1ccnc(OC2CCC2)c1. The standard InChI is InChI=1S/C20H29N3O3/c1-20(2,3)26-19(24)22-12-15-7-8-16(13-22)23(15)14-9-10-21-18(11-14)25-17-5-4-6-17/h9-11,15-17H,4-8,12-13H2,1-3H3. The summed E-state index contributed by atoms with van der Waals surface area (Å²) in [5.74, 6) is 0.723. The number of nitrogens with zero attached hydrogens (tertiary/aromatic N) is 3. The highest BCUT2D eigenvalue weighted by molar-refractivity contribution is 5.69. The molecule has 6 heteroatoms. The van der Waals surface area contributed by atoms with Crippen molar-refractivity contribution in [2.24, 2.45) is 0 Å². The van der Waals surface area contributed by atoms with Gasteiger partial charge in [-0.2, -0.15) is 0 Å². The highest BCUT2D eigenvalue weighted by Gasteiger charge is 2.42. The van der Waals surface area contributed by atoms with E-state index < -0.39 is 5.60 Å². The van der Waals surface area contributed by atoms with Crippen molar-refractivity contribution < 1.29 is 14.3 Å². The smallest absolute Gasteiger partial charge is 0.410 e. The van der Waals surface area contributed by atoms with Gasteiger partial charge < -0.3 is 19.3 Å². The number of carbonyl (C=O) groups is 1. The molecule has 0 aromatic carbocycles. The summed E-state index contributed by atoms with van der Waals surface area (Å²) < 4.78 is 11.5. The van der Waals surface area contributed by atoms with Crippen molar-refractivity contribution in [1.82, 2.24) is 9.88 Å². The van der Waals surface area contributed by atoms with E-state index in [0.29, 0.717) is 31.3 Å². The van der Waals surface area contributed by atoms with E-state index in [0.717, 1.165) is 37.3 Å². The number of likely N-dealkylation sites (tertiary alicyclic amines) is 1. The highest BCUT2D eigenvalue weighted by atomic mass is 16.6. The molecule has 1 saturated carbocycles. The molecule has 6 nitrogen and oxygen atoms in total. The van der Waals surface area contributed by atoms with Gasteiger partial charge in [-0.15, -0.1) is 0 Å². The third-order valence-electron chi connectivity index (χ3n) is 5.49. The van der Waals surface area contributed by atoms with Crippen molar-refractivity contribution in [1.29, 1.82) is 0 Å². The molecule has 2 atom stereocenters. The fourth-order valence-electron chi connectivity index (χ4n) is 4.08. The Hall–Kier alpha value is -1.98. The van der Waals surface area contributed by atoms with Gasteiger partial charge in [-0.3, -0.25) is 0 Å². The molecule has 2 unspecified atom stereocenters. The molecule has 26 heavy (non-hydrogen) atoms. The van der Waals surface area contributed by atoms with E-state index in [4.69, 9.17) is 9.47 Å². The van der Waals surface area contributed by atoms with Crippen LogP contribution in [-0.4, -0.2) is 52.9 Å². The van der Waals surface area contributed by atoms with Gasteiger partial charge in [0, 0.05) is 43.1 Å². The number of pyridine rings is 1. The first-order valence-corrected chi connectivity index (χ1v) is 9.78. The Bertz CT molecular complexity index is 655. The molecule has 1 aromatic heterocycles. The summed E-state index contributed by atoms with van der Waals surface area (Å²) in [6, 6.07) is 4.79. The molecule has 1 aliphatic carbocycles. The minimum atomic E-state index is -0.452. The summed E-state index contributed by atoms with van der Waals surface area (Å²) >= 11 is 0. The number of hydrogen-bond donors (Lipinski definition) is 0. The van der Waals surface area contributed by atoms with Crippen molar-refractivity contribution in [2.45, 2.75) is 76.7 Å². The number of fused-ring (bicyclic) bond motifs is 2. The lowest BCUT2D eigenvalue weighted by Crippen LogP contribution is -2.56. The molecule has 2 aliphatic heterocycles. The van der Waals surface area contributed by atoms with Crippen LogP contribution in [0.5, 0.6) is 5.88 Å². The van der Waals surface area contributed by atoms with Crippen LogP contribution < -0.4 is 9.64 Å². The fraction of sp³-hybridized carbons (Fsp3) is 0.700. The summed E-state index contributed by atoms with van der Waals surface area (Å²) in [5, 5.41) is 0. The molecule has 0 N–H and O–H groups in total. The number of aromatic nitrogens is 1. The summed E-state index contributed by atoms with van der Waals surface area (Å²) in [5.41, 5.74) is 0.706. The second-order valence-electron chi connectivity index (χ2n) is 8.70. The Labute approximate surface area is 155 Å². The molecule has 1 amide bonds. The Morgan fingerprint density at radius 1 is 1.15 bits per heavy atom. The largest absolute Gasteiger partial charge is 0.474 e. The molecule has 3 fully saturated rings. The maximum absolute atomic E-state index is 12.4. The second-order valence-corrected chi connectivity index (χ2v) is 8.70. The van der Waals surface area contributed by atoms with Gasteiger partial charge in [0.15, 0.2) is 0 Å². The number of hydrogen-bond acceptors (Lipinski definition) is 5. The minimum absolute atomic E-state index is 0.196. The monoisotopic (exact) mass is 359 g/mol. The molecular weight excluding hydrogens is 330 g/mol. The summed E-state index contributed by atoms with van der Waals surface area (Å²) in [4.78, 5) is 21.1. The third kappa shape index (κ3) is 3.60. The van der Waals surface area contributed by atoms with Crippen LogP contribution in [0.3, 0.4) is 0 Å². The van der Waals surface area contributed by atoms with Crippen molar-refractivity contribution in [2.75, 3.05) is 18.0 Å². The molecule has 3 heterocycles. The Morgan fingerprint density at radius 3 is 2.42 bits per heavy atom. The first-order chi connectivity index (χ1) is 12.4. The molecule has 4 rings (SSSR count). The Morgan fingerprint density at radius 2 is 1.85 bits per heavy atom. The quantitative estimate of drug-likeness (QED) is 0.825. The van der Waals surface area contributed by atoms with Gasteiger partial charge in [0.05, 0.1) is 0 Å². The lowest BCUT2D eigenvalue weighted by molar-refractivity contribution is 0.0209. The predicted octanol–water partition coefficient (Wildman–Crippen LogP) is 3.60. The van der Waals surface area contributed by atoms with Crippen LogP contribution in [0, 0.1) is 0 Å². The first-order valence-electron chi connectivity index (χ1n) is 9.78. The van der Waals surface area contributed by atoms with Gasteiger partial charge in [-0.1, -0.05) is 0 Å². The van der Waals surface area contributed by atoms with Crippen molar-refractivity contribution in [3.8, 4) is 5.88 Å². The topological polar surface area (TPSA) is 54.9 Å². The van der Waals surface area contributed by atoms with Crippen molar-refractivity contribution in [3.63, 3.8) is 0 Å². The zero-order chi connectivity index (χ0) is 18.3. The summed E-state index contributed by atoms with van der Waals surface area (Å²) in [6.45, 7) is 7.17. The normalized spacial score (nSPS) is 25.8. The van der Waals surface area contributed by atoms with Crippen molar-refractivity contribution >= 4 is 11.8 Å². The third-order valence-corrected chi connectivity index (χ3v) is 5.49. The van der Waals surface area contributed by atoms with Gasteiger partial charge >= 0.3 is 6.09 Å². The van der Waals surface area contributed by atoms with Gasteiger partial charge in [0.1, 0.15) is 11.7 Å². The average molecular weight is 359 g/mol. The number of amides is 1. The zero-order valence-electron chi connectivity index (χ0n) is 16.0. The van der Waals surface area contributed by atoms with Gasteiger partial charge in [0.25, 0.3) is 0 Å². The van der Waals surface area contributed by atoms with Crippen LogP contribution in [-0.2, 0) is 4.74 Å². The van der Waals surface area contributed by atoms with Crippen LogP contribution in [0.25, 0.3) is 0 Å². The predicted molar refractivity (Wildman–Crippen MR) is 99.6 cm³/mol. The number of rotatable bonds is 3. The van der Waals surface area contributed by atoms with E-state index in [-0.39, 0.29) is 6.09 Å². The second kappa shape index (κ2) is 6.63. The van der Waals surface area contributed by atoms with Crippen molar-refractivity contribution in [3.05, 3.63) is 18.3 Å². The molecular formula is C20H29N3O3. The van der Waals surface area contributed by atoms with E-state index >= 15 is 0 Å². The van der Waals surface area contributed by atoms with Crippen LogP contribution in [0.1, 0.15) is 52.9 Å². The molecule has 2 bridgehead atoms. The number of carbonyl (C=O) groups excluding carboxylic acids is 1. The number of anilines is 1. The van der Waals surface area contributed by atoms with Crippen LogP contribution >= 0.6 is 0 Å². The molecule has 142 valence electrons. The Kier molecular flexibility index (Phi) is 4.45. The molecule has 0 spiro atoms. The van der Waals surface area contributed by atoms with E-state index in [9.17, 15) is 4.79 Å². The fourth-order valence-corrected chi connectivity index (χ4v) is 4.08. The lowest BCUT2D eigenvalue weighted by Gasteiger charge is -2.42. The van der Waals surface area contributed by atoms with Gasteiger partial charge in [-0.25, -0.2) is 9.78 Å². The molecule has 3 aliphatic rings. The lowest BCUT2D eigenvalue weighted by atomic mass is 9.96. The van der Waals surface area contributed by atoms with Gasteiger partial charge in [-0.05, 0) is 58.9 Å². The van der Waals surface area contributed by atoms with E-state index in [1.165, 1.54) is 6.42 Å². The minimum Gasteiger partial charge on any atom is -0.474 e. The van der Waals surface area contributed by atoms with Crippen LogP contribution in [0.4, 0.5) is 10.5 Å².